The Morgan fingerprint density at radius 1 is 1.24 bits per heavy atom. The van der Waals surface area contributed by atoms with Crippen molar-refractivity contribution in [2.24, 2.45) is 0 Å². The fourth-order valence-electron chi connectivity index (χ4n) is 2.00. The summed E-state index contributed by atoms with van der Waals surface area (Å²) in [5, 5.41) is 2.97. The lowest BCUT2D eigenvalue weighted by molar-refractivity contribution is 0.371. The summed E-state index contributed by atoms with van der Waals surface area (Å²) in [6.45, 7) is 2.54. The normalized spacial score (nSPS) is 10.5. The first-order chi connectivity index (χ1) is 10.2. The van der Waals surface area contributed by atoms with E-state index in [1.807, 2.05) is 18.2 Å². The Morgan fingerprint density at radius 3 is 2.71 bits per heavy atom. The van der Waals surface area contributed by atoms with E-state index in [1.54, 1.807) is 14.2 Å². The Kier molecular flexibility index (Phi) is 5.11. The van der Waals surface area contributed by atoms with E-state index in [-0.39, 0.29) is 5.82 Å². The Balaban J connectivity index is 2.33. The molecule has 21 heavy (non-hydrogen) atoms. The molecule has 112 valence electrons. The topological polar surface area (TPSA) is 43.4 Å². The van der Waals surface area contributed by atoms with E-state index in [1.165, 1.54) is 6.07 Å². The number of pyridine rings is 1. The predicted molar refractivity (Wildman–Crippen MR) is 79.4 cm³/mol. The summed E-state index contributed by atoms with van der Waals surface area (Å²) in [6, 6.07) is 7.15. The van der Waals surface area contributed by atoms with Crippen LogP contribution in [0.15, 0.2) is 30.5 Å². The number of nitrogens with one attached hydrogen (secondary N) is 1. The van der Waals surface area contributed by atoms with Crippen molar-refractivity contribution in [3.05, 3.63) is 47.4 Å². The van der Waals surface area contributed by atoms with E-state index in [9.17, 15) is 4.39 Å². The third-order valence-electron chi connectivity index (χ3n) is 3.10. The second-order valence-electron chi connectivity index (χ2n) is 4.59. The summed E-state index contributed by atoms with van der Waals surface area (Å²) in [7, 11) is 3.37. The minimum atomic E-state index is -0.388. The molecule has 0 spiro atoms. The summed E-state index contributed by atoms with van der Waals surface area (Å²) in [6.07, 6.45) is 2.05. The van der Waals surface area contributed by atoms with Crippen LogP contribution in [0.1, 0.15) is 18.1 Å². The number of hydrogen-bond donors (Lipinski definition) is 1. The number of hydrogen-bond acceptors (Lipinski definition) is 4. The standard InChI is InChI=1S/C16H19FN2O2/c1-4-11-5-6-14(15(7-11)20-3)21-16-12(9-18-2)8-13(17)10-19-16/h5-8,10,18H,4,9H2,1-3H3. The predicted octanol–water partition coefficient (Wildman–Crippen LogP) is 3.30. The van der Waals surface area contributed by atoms with Gasteiger partial charge in [0.15, 0.2) is 11.5 Å². The Hall–Kier alpha value is -2.14. The molecule has 1 aromatic carbocycles. The van der Waals surface area contributed by atoms with Crippen molar-refractivity contribution in [3.63, 3.8) is 0 Å². The minimum Gasteiger partial charge on any atom is -0.493 e. The second-order valence-corrected chi connectivity index (χ2v) is 4.59. The lowest BCUT2D eigenvalue weighted by Gasteiger charge is -2.13. The first-order valence-corrected chi connectivity index (χ1v) is 6.81. The Labute approximate surface area is 123 Å². The van der Waals surface area contributed by atoms with Crippen molar-refractivity contribution in [2.45, 2.75) is 19.9 Å². The summed E-state index contributed by atoms with van der Waals surface area (Å²) >= 11 is 0. The van der Waals surface area contributed by atoms with Gasteiger partial charge >= 0.3 is 0 Å². The van der Waals surface area contributed by atoms with Crippen LogP contribution in [0.2, 0.25) is 0 Å². The summed E-state index contributed by atoms with van der Waals surface area (Å²) in [5.41, 5.74) is 1.81. The number of aryl methyl sites for hydroxylation is 1. The SMILES string of the molecule is CCc1ccc(Oc2ncc(F)cc2CNC)c(OC)c1. The molecule has 0 aliphatic rings. The summed E-state index contributed by atoms with van der Waals surface area (Å²) in [5.74, 6) is 1.18. The average molecular weight is 290 g/mol. The molecule has 0 aliphatic heterocycles. The van der Waals surface area contributed by atoms with Crippen molar-refractivity contribution in [1.82, 2.24) is 10.3 Å². The molecule has 4 nitrogen and oxygen atoms in total. The lowest BCUT2D eigenvalue weighted by atomic mass is 10.1. The first-order valence-electron chi connectivity index (χ1n) is 6.81. The van der Waals surface area contributed by atoms with Crippen molar-refractivity contribution < 1.29 is 13.9 Å². The minimum absolute atomic E-state index is 0.369. The molecular weight excluding hydrogens is 271 g/mol. The first kappa shape index (κ1) is 15.3. The van der Waals surface area contributed by atoms with Crippen LogP contribution in [0.5, 0.6) is 17.4 Å². The number of methoxy groups -OCH3 is 1. The van der Waals surface area contributed by atoms with Crippen molar-refractivity contribution in [2.75, 3.05) is 14.2 Å². The lowest BCUT2D eigenvalue weighted by Crippen LogP contribution is -2.08. The number of nitrogens with zero attached hydrogens (tertiary/aromatic N) is 1. The van der Waals surface area contributed by atoms with Crippen LogP contribution in [-0.2, 0) is 13.0 Å². The number of rotatable bonds is 6. The van der Waals surface area contributed by atoms with E-state index in [0.717, 1.165) is 18.2 Å². The Bertz CT molecular complexity index is 617. The third kappa shape index (κ3) is 3.70. The van der Waals surface area contributed by atoms with E-state index in [0.29, 0.717) is 29.5 Å². The van der Waals surface area contributed by atoms with Gasteiger partial charge in [0, 0.05) is 12.1 Å². The van der Waals surface area contributed by atoms with Gasteiger partial charge in [0.25, 0.3) is 0 Å². The largest absolute Gasteiger partial charge is 0.493 e. The molecule has 1 aromatic heterocycles. The maximum absolute atomic E-state index is 13.3. The maximum atomic E-state index is 13.3. The highest BCUT2D eigenvalue weighted by Crippen LogP contribution is 2.33. The van der Waals surface area contributed by atoms with Crippen molar-refractivity contribution in [1.29, 1.82) is 0 Å². The van der Waals surface area contributed by atoms with Crippen molar-refractivity contribution >= 4 is 0 Å². The molecule has 0 amide bonds. The van der Waals surface area contributed by atoms with Crippen LogP contribution in [-0.4, -0.2) is 19.1 Å². The Morgan fingerprint density at radius 2 is 2.05 bits per heavy atom. The van der Waals surface area contributed by atoms with Crippen LogP contribution < -0.4 is 14.8 Å². The molecule has 0 saturated heterocycles. The highest BCUT2D eigenvalue weighted by molar-refractivity contribution is 5.45. The average Bonchev–Trinajstić information content (AvgIpc) is 2.50. The van der Waals surface area contributed by atoms with Gasteiger partial charge in [-0.15, -0.1) is 0 Å². The van der Waals surface area contributed by atoms with Gasteiger partial charge < -0.3 is 14.8 Å². The van der Waals surface area contributed by atoms with E-state index in [4.69, 9.17) is 9.47 Å². The molecule has 1 heterocycles. The molecule has 0 unspecified atom stereocenters. The molecule has 0 radical (unpaired) electrons. The summed E-state index contributed by atoms with van der Waals surface area (Å²) in [4.78, 5) is 4.02. The number of ether oxygens (including phenoxy) is 2. The molecule has 0 aliphatic carbocycles. The van der Waals surface area contributed by atoms with Gasteiger partial charge in [-0.1, -0.05) is 13.0 Å². The maximum Gasteiger partial charge on any atom is 0.224 e. The van der Waals surface area contributed by atoms with Crippen molar-refractivity contribution in [3.8, 4) is 17.4 Å². The van der Waals surface area contributed by atoms with Crippen LogP contribution in [0.3, 0.4) is 0 Å². The number of halogens is 1. The molecule has 0 atom stereocenters. The van der Waals surface area contributed by atoms with Crippen LogP contribution in [0.25, 0.3) is 0 Å². The monoisotopic (exact) mass is 290 g/mol. The molecule has 5 heteroatoms. The smallest absolute Gasteiger partial charge is 0.224 e. The quantitative estimate of drug-likeness (QED) is 0.886. The van der Waals surface area contributed by atoms with E-state index >= 15 is 0 Å². The zero-order valence-corrected chi connectivity index (χ0v) is 12.4. The fourth-order valence-corrected chi connectivity index (χ4v) is 2.00. The molecule has 2 aromatic rings. The van der Waals surface area contributed by atoms with Crippen LogP contribution >= 0.6 is 0 Å². The zero-order chi connectivity index (χ0) is 15.2. The molecule has 0 saturated carbocycles. The van der Waals surface area contributed by atoms with Crippen LogP contribution in [0.4, 0.5) is 4.39 Å². The number of aromatic nitrogens is 1. The van der Waals surface area contributed by atoms with Gasteiger partial charge in [-0.05, 0) is 37.2 Å². The fraction of sp³-hybridized carbons (Fsp3) is 0.312. The molecule has 0 fully saturated rings. The van der Waals surface area contributed by atoms with Gasteiger partial charge in [-0.25, -0.2) is 9.37 Å². The second kappa shape index (κ2) is 7.04. The molecule has 2 rings (SSSR count). The summed E-state index contributed by atoms with van der Waals surface area (Å²) < 4.78 is 24.4. The number of benzene rings is 1. The molecule has 1 N–H and O–H groups in total. The highest BCUT2D eigenvalue weighted by atomic mass is 19.1. The van der Waals surface area contributed by atoms with E-state index in [2.05, 4.69) is 17.2 Å². The van der Waals surface area contributed by atoms with Gasteiger partial charge in [-0.3, -0.25) is 0 Å². The zero-order valence-electron chi connectivity index (χ0n) is 12.4. The molecule has 0 bridgehead atoms. The van der Waals surface area contributed by atoms with Gasteiger partial charge in [0.05, 0.1) is 13.3 Å². The third-order valence-corrected chi connectivity index (χ3v) is 3.10. The van der Waals surface area contributed by atoms with Gasteiger partial charge in [0.1, 0.15) is 5.82 Å². The highest BCUT2D eigenvalue weighted by Gasteiger charge is 2.11. The van der Waals surface area contributed by atoms with E-state index < -0.39 is 0 Å². The molecular formula is C16H19FN2O2. The van der Waals surface area contributed by atoms with Gasteiger partial charge in [-0.2, -0.15) is 0 Å². The van der Waals surface area contributed by atoms with Crippen LogP contribution in [0, 0.1) is 5.82 Å². The van der Waals surface area contributed by atoms with Gasteiger partial charge in [0.2, 0.25) is 5.88 Å².